The number of nitrogens with one attached hydrogen (secondary N) is 2. The molecule has 3 rings (SSSR count). The molecule has 0 aliphatic carbocycles. The Kier molecular flexibility index (Phi) is 10.5. The summed E-state index contributed by atoms with van der Waals surface area (Å²) in [5, 5.41) is 5.82. The number of para-hydroxylation sites is 2. The molecule has 0 radical (unpaired) electrons. The van der Waals surface area contributed by atoms with E-state index in [9.17, 15) is 9.59 Å². The first-order chi connectivity index (χ1) is 17.5. The monoisotopic (exact) mass is 503 g/mol. The van der Waals surface area contributed by atoms with Crippen molar-refractivity contribution in [3.8, 4) is 5.75 Å². The Bertz CT molecular complexity index is 1170. The summed E-state index contributed by atoms with van der Waals surface area (Å²) in [6, 6.07) is 24.0. The number of thiocarbonyl (C=S) groups is 1. The van der Waals surface area contributed by atoms with Gasteiger partial charge in [-0.15, -0.1) is 0 Å². The molecule has 0 saturated heterocycles. The van der Waals surface area contributed by atoms with E-state index < -0.39 is 0 Å². The summed E-state index contributed by atoms with van der Waals surface area (Å²) < 4.78 is 5.86. The topological polar surface area (TPSA) is 70.7 Å². The number of hydrogen-bond donors (Lipinski definition) is 2. The van der Waals surface area contributed by atoms with Crippen LogP contribution >= 0.6 is 12.2 Å². The minimum atomic E-state index is -0.373. The third kappa shape index (κ3) is 7.92. The molecule has 0 unspecified atom stereocenters. The van der Waals surface area contributed by atoms with Gasteiger partial charge in [0, 0.05) is 13.6 Å². The highest BCUT2D eigenvalue weighted by Gasteiger charge is 2.18. The minimum absolute atomic E-state index is 0.101. The second-order valence-corrected chi connectivity index (χ2v) is 8.91. The van der Waals surface area contributed by atoms with Gasteiger partial charge < -0.3 is 15.0 Å². The summed E-state index contributed by atoms with van der Waals surface area (Å²) in [4.78, 5) is 27.7. The van der Waals surface area contributed by atoms with Crippen molar-refractivity contribution < 1.29 is 14.3 Å². The molecule has 6 nitrogen and oxygen atoms in total. The molecular weight excluding hydrogens is 470 g/mol. The maximum absolute atomic E-state index is 13.1. The standard InChI is InChI=1S/C29H33N3O3S/c1-3-4-5-13-20-35-26-19-12-10-17-24(26)27(33)31-29(36)30-25-18-11-9-16-23(25)28(34)32(2)21-22-14-7-6-8-15-22/h6-12,14-19H,3-5,13,20-21H2,1-2H3,(H2,30,31,33,36). The molecule has 3 aromatic rings. The van der Waals surface area contributed by atoms with E-state index in [4.69, 9.17) is 17.0 Å². The Labute approximate surface area is 218 Å². The predicted molar refractivity (Wildman–Crippen MR) is 148 cm³/mol. The highest BCUT2D eigenvalue weighted by molar-refractivity contribution is 7.80. The Morgan fingerprint density at radius 1 is 0.861 bits per heavy atom. The van der Waals surface area contributed by atoms with Crippen molar-refractivity contribution in [1.29, 1.82) is 0 Å². The fourth-order valence-electron chi connectivity index (χ4n) is 3.73. The van der Waals surface area contributed by atoms with Crippen LogP contribution in [0.1, 0.15) is 58.9 Å². The van der Waals surface area contributed by atoms with E-state index in [0.29, 0.717) is 35.7 Å². The number of nitrogens with zero attached hydrogens (tertiary/aromatic N) is 1. The van der Waals surface area contributed by atoms with Crippen molar-refractivity contribution in [3.05, 3.63) is 95.6 Å². The second kappa shape index (κ2) is 14.0. The highest BCUT2D eigenvalue weighted by atomic mass is 32.1. The zero-order valence-corrected chi connectivity index (χ0v) is 21.6. The van der Waals surface area contributed by atoms with Gasteiger partial charge >= 0.3 is 0 Å². The Hall–Kier alpha value is -3.71. The van der Waals surface area contributed by atoms with Crippen LogP contribution in [-0.2, 0) is 6.54 Å². The van der Waals surface area contributed by atoms with Gasteiger partial charge in [-0.3, -0.25) is 14.9 Å². The number of anilines is 1. The van der Waals surface area contributed by atoms with Gasteiger partial charge in [0.05, 0.1) is 23.4 Å². The van der Waals surface area contributed by atoms with E-state index in [2.05, 4.69) is 17.6 Å². The number of rotatable bonds is 11. The zero-order valence-electron chi connectivity index (χ0n) is 20.8. The summed E-state index contributed by atoms with van der Waals surface area (Å²) in [5.41, 5.74) is 2.42. The first kappa shape index (κ1) is 26.9. The average Bonchev–Trinajstić information content (AvgIpc) is 2.89. The maximum atomic E-state index is 13.1. The smallest absolute Gasteiger partial charge is 0.261 e. The lowest BCUT2D eigenvalue weighted by Crippen LogP contribution is -2.35. The number of ether oxygens (including phenoxy) is 1. The summed E-state index contributed by atoms with van der Waals surface area (Å²) in [5.74, 6) is -0.00743. The molecule has 2 amide bonds. The van der Waals surface area contributed by atoms with Crippen molar-refractivity contribution in [3.63, 3.8) is 0 Å². The van der Waals surface area contributed by atoms with Gasteiger partial charge in [0.25, 0.3) is 11.8 Å². The fourth-order valence-corrected chi connectivity index (χ4v) is 3.93. The van der Waals surface area contributed by atoms with Gasteiger partial charge in [-0.1, -0.05) is 80.8 Å². The molecule has 2 N–H and O–H groups in total. The molecule has 0 saturated carbocycles. The summed E-state index contributed by atoms with van der Waals surface area (Å²) in [6.07, 6.45) is 4.35. The number of benzene rings is 3. The number of carbonyl (C=O) groups is 2. The Balaban J connectivity index is 1.63. The zero-order chi connectivity index (χ0) is 25.8. The number of amides is 2. The number of unbranched alkanes of at least 4 members (excludes halogenated alkanes) is 3. The van der Waals surface area contributed by atoms with Gasteiger partial charge in [-0.25, -0.2) is 0 Å². The van der Waals surface area contributed by atoms with E-state index >= 15 is 0 Å². The van der Waals surface area contributed by atoms with Gasteiger partial charge in [-0.05, 0) is 48.5 Å². The SMILES string of the molecule is CCCCCCOc1ccccc1C(=O)NC(=S)Nc1ccccc1C(=O)N(C)Cc1ccccc1. The van der Waals surface area contributed by atoms with Gasteiger partial charge in [0.1, 0.15) is 5.75 Å². The molecule has 0 aliphatic heterocycles. The summed E-state index contributed by atoms with van der Waals surface area (Å²) in [6.45, 7) is 3.19. The lowest BCUT2D eigenvalue weighted by molar-refractivity contribution is 0.0786. The summed E-state index contributed by atoms with van der Waals surface area (Å²) in [7, 11) is 1.76. The molecule has 36 heavy (non-hydrogen) atoms. The largest absolute Gasteiger partial charge is 0.493 e. The van der Waals surface area contributed by atoms with Crippen LogP contribution in [0.2, 0.25) is 0 Å². The molecular formula is C29H33N3O3S. The molecule has 0 heterocycles. The lowest BCUT2D eigenvalue weighted by atomic mass is 10.1. The predicted octanol–water partition coefficient (Wildman–Crippen LogP) is 6.04. The van der Waals surface area contributed by atoms with Gasteiger partial charge in [-0.2, -0.15) is 0 Å². The lowest BCUT2D eigenvalue weighted by Gasteiger charge is -2.20. The molecule has 0 aromatic heterocycles. The van der Waals surface area contributed by atoms with E-state index in [1.54, 1.807) is 48.3 Å². The first-order valence-electron chi connectivity index (χ1n) is 12.2. The molecule has 7 heteroatoms. The Morgan fingerprint density at radius 3 is 2.28 bits per heavy atom. The second-order valence-electron chi connectivity index (χ2n) is 8.51. The van der Waals surface area contributed by atoms with Crippen LogP contribution < -0.4 is 15.4 Å². The number of hydrogen-bond acceptors (Lipinski definition) is 4. The molecule has 0 atom stereocenters. The van der Waals surface area contributed by atoms with Crippen molar-refractivity contribution in [1.82, 2.24) is 10.2 Å². The molecule has 0 aliphatic rings. The number of carbonyl (C=O) groups excluding carboxylic acids is 2. The first-order valence-corrected chi connectivity index (χ1v) is 12.6. The van der Waals surface area contributed by atoms with Crippen molar-refractivity contribution >= 4 is 34.8 Å². The van der Waals surface area contributed by atoms with E-state index in [1.807, 2.05) is 42.5 Å². The minimum Gasteiger partial charge on any atom is -0.493 e. The Morgan fingerprint density at radius 2 is 1.53 bits per heavy atom. The normalized spacial score (nSPS) is 10.4. The van der Waals surface area contributed by atoms with Crippen molar-refractivity contribution in [2.45, 2.75) is 39.2 Å². The van der Waals surface area contributed by atoms with E-state index in [1.165, 1.54) is 0 Å². The quantitative estimate of drug-likeness (QED) is 0.246. The van der Waals surface area contributed by atoms with Crippen LogP contribution in [0, 0.1) is 0 Å². The van der Waals surface area contributed by atoms with Gasteiger partial charge in [0.2, 0.25) is 0 Å². The molecule has 188 valence electrons. The molecule has 3 aromatic carbocycles. The molecule has 0 fully saturated rings. The van der Waals surface area contributed by atoms with Crippen LogP contribution in [0.3, 0.4) is 0 Å². The fraction of sp³-hybridized carbons (Fsp3) is 0.276. The maximum Gasteiger partial charge on any atom is 0.261 e. The van der Waals surface area contributed by atoms with Crippen LogP contribution in [0.25, 0.3) is 0 Å². The van der Waals surface area contributed by atoms with Gasteiger partial charge in [0.15, 0.2) is 5.11 Å². The summed E-state index contributed by atoms with van der Waals surface area (Å²) >= 11 is 5.40. The molecule has 0 bridgehead atoms. The average molecular weight is 504 g/mol. The van der Waals surface area contributed by atoms with Crippen molar-refractivity contribution in [2.24, 2.45) is 0 Å². The van der Waals surface area contributed by atoms with E-state index in [0.717, 1.165) is 31.2 Å². The van der Waals surface area contributed by atoms with E-state index in [-0.39, 0.29) is 16.9 Å². The van der Waals surface area contributed by atoms with Crippen LogP contribution in [-0.4, -0.2) is 35.5 Å². The van der Waals surface area contributed by atoms with Crippen LogP contribution in [0.4, 0.5) is 5.69 Å². The molecule has 0 spiro atoms. The van der Waals surface area contributed by atoms with Crippen LogP contribution in [0.15, 0.2) is 78.9 Å². The third-order valence-electron chi connectivity index (χ3n) is 5.63. The van der Waals surface area contributed by atoms with Crippen LogP contribution in [0.5, 0.6) is 5.75 Å². The van der Waals surface area contributed by atoms with Crippen molar-refractivity contribution in [2.75, 3.05) is 19.0 Å². The highest BCUT2D eigenvalue weighted by Crippen LogP contribution is 2.20. The third-order valence-corrected chi connectivity index (χ3v) is 5.83.